The van der Waals surface area contributed by atoms with Crippen LogP contribution in [-0.2, 0) is 11.2 Å². The third-order valence-electron chi connectivity index (χ3n) is 8.22. The van der Waals surface area contributed by atoms with Gasteiger partial charge >= 0.3 is 6.18 Å². The van der Waals surface area contributed by atoms with Gasteiger partial charge in [0.2, 0.25) is 5.91 Å². The topological polar surface area (TPSA) is 55.9 Å². The van der Waals surface area contributed by atoms with Gasteiger partial charge in [0, 0.05) is 60.3 Å². The number of benzene rings is 2. The summed E-state index contributed by atoms with van der Waals surface area (Å²) in [5.74, 6) is -0.147. The highest BCUT2D eigenvalue weighted by Crippen LogP contribution is 2.36. The highest BCUT2D eigenvalue weighted by Gasteiger charge is 2.37. The number of nitrogens with zero attached hydrogens (tertiary/aromatic N) is 3. The van der Waals surface area contributed by atoms with Crippen LogP contribution >= 0.6 is 23.2 Å². The van der Waals surface area contributed by atoms with Crippen molar-refractivity contribution in [2.45, 2.75) is 37.9 Å². The maximum Gasteiger partial charge on any atom is 0.401 e. The molecule has 3 aliphatic heterocycles. The van der Waals surface area contributed by atoms with Gasteiger partial charge in [0.05, 0.1) is 6.54 Å². The van der Waals surface area contributed by atoms with Gasteiger partial charge in [0.1, 0.15) is 0 Å². The van der Waals surface area contributed by atoms with E-state index >= 15 is 0 Å². The molecule has 5 rings (SSSR count). The predicted octanol–water partition coefficient (Wildman–Crippen LogP) is 5.12. The number of nitrogens with one attached hydrogen (secondary N) is 1. The number of piperidine rings is 1. The molecule has 1 atom stereocenters. The Morgan fingerprint density at radius 3 is 2.12 bits per heavy atom. The molecule has 40 heavy (non-hydrogen) atoms. The molecule has 2 aromatic rings. The molecule has 0 radical (unpaired) electrons. The Bertz CT molecular complexity index is 1200. The van der Waals surface area contributed by atoms with Gasteiger partial charge in [-0.2, -0.15) is 13.2 Å². The molecule has 6 nitrogen and oxygen atoms in total. The molecule has 3 saturated heterocycles. The quantitative estimate of drug-likeness (QED) is 0.503. The lowest BCUT2D eigenvalue weighted by atomic mass is 9.95. The van der Waals surface area contributed by atoms with Gasteiger partial charge in [-0.3, -0.25) is 14.5 Å². The van der Waals surface area contributed by atoms with Crippen molar-refractivity contribution in [3.8, 4) is 11.1 Å². The van der Waals surface area contributed by atoms with Crippen LogP contribution in [0.4, 0.5) is 13.2 Å². The lowest BCUT2D eigenvalue weighted by Gasteiger charge is -2.35. The number of alkyl halides is 3. The molecule has 3 aliphatic rings. The van der Waals surface area contributed by atoms with E-state index < -0.39 is 12.7 Å². The number of rotatable bonds is 6. The Balaban J connectivity index is 1.21. The summed E-state index contributed by atoms with van der Waals surface area (Å²) in [6.45, 7) is 2.58. The monoisotopic (exact) mass is 596 g/mol. The first-order valence-electron chi connectivity index (χ1n) is 13.8. The first kappa shape index (κ1) is 29.2. The molecule has 2 aromatic carbocycles. The average Bonchev–Trinajstić information content (AvgIpc) is 3.30. The van der Waals surface area contributed by atoms with Crippen LogP contribution in [0.25, 0.3) is 11.1 Å². The molecule has 11 heteroatoms. The van der Waals surface area contributed by atoms with Crippen LogP contribution in [0.15, 0.2) is 36.4 Å². The first-order valence-corrected chi connectivity index (χ1v) is 14.5. The molecule has 0 aromatic heterocycles. The zero-order valence-corrected chi connectivity index (χ0v) is 23.7. The summed E-state index contributed by atoms with van der Waals surface area (Å²) in [4.78, 5) is 31.0. The van der Waals surface area contributed by atoms with E-state index in [9.17, 15) is 22.8 Å². The molecular formula is C29H33Cl2F3N4O2. The minimum atomic E-state index is -4.24. The van der Waals surface area contributed by atoms with Crippen LogP contribution in [0.2, 0.25) is 10.0 Å². The summed E-state index contributed by atoms with van der Waals surface area (Å²) in [6.07, 6.45) is -0.977. The Labute approximate surface area is 242 Å². The van der Waals surface area contributed by atoms with E-state index in [4.69, 9.17) is 23.2 Å². The highest BCUT2D eigenvalue weighted by atomic mass is 35.5. The van der Waals surface area contributed by atoms with Crippen molar-refractivity contribution >= 4 is 35.0 Å². The molecule has 1 N–H and O–H groups in total. The molecule has 0 bridgehead atoms. The van der Waals surface area contributed by atoms with Crippen LogP contribution in [0, 0.1) is 5.92 Å². The minimum absolute atomic E-state index is 0.128. The Hall–Kier alpha value is -2.33. The fraction of sp³-hybridized carbons (Fsp3) is 0.517. The number of hydrogen-bond donors (Lipinski definition) is 1. The van der Waals surface area contributed by atoms with Crippen LogP contribution in [0.5, 0.6) is 0 Å². The van der Waals surface area contributed by atoms with E-state index in [-0.39, 0.29) is 43.9 Å². The molecule has 0 saturated carbocycles. The number of carbonyl (C=O) groups excluding carboxylic acids is 2. The summed E-state index contributed by atoms with van der Waals surface area (Å²) < 4.78 is 37.9. The van der Waals surface area contributed by atoms with Crippen molar-refractivity contribution in [3.05, 3.63) is 57.6 Å². The number of piperazine rings is 1. The van der Waals surface area contributed by atoms with Crippen molar-refractivity contribution in [2.24, 2.45) is 5.92 Å². The number of likely N-dealkylation sites (tertiary alicyclic amines) is 1. The second-order valence-electron chi connectivity index (χ2n) is 10.9. The molecule has 1 unspecified atom stereocenters. The number of hydrogen-bond acceptors (Lipinski definition) is 4. The van der Waals surface area contributed by atoms with Crippen LogP contribution < -0.4 is 5.32 Å². The van der Waals surface area contributed by atoms with Gasteiger partial charge in [-0.25, -0.2) is 0 Å². The molecule has 3 fully saturated rings. The summed E-state index contributed by atoms with van der Waals surface area (Å²) in [7, 11) is 0. The average molecular weight is 598 g/mol. The SMILES string of the molecule is O=C(c1ccc(-c2cc(Cl)c(CC3CCN(C4CCNCC4)C3=O)c(Cl)c2)cc1)N1CCN(CC(F)(F)F)CC1. The second kappa shape index (κ2) is 12.3. The molecule has 0 spiro atoms. The summed E-state index contributed by atoms with van der Waals surface area (Å²) >= 11 is 13.4. The summed E-state index contributed by atoms with van der Waals surface area (Å²) in [5.41, 5.74) is 2.87. The number of amides is 2. The second-order valence-corrected chi connectivity index (χ2v) is 11.7. The smallest absolute Gasteiger partial charge is 0.339 e. The van der Waals surface area contributed by atoms with Gasteiger partial charge in [-0.15, -0.1) is 0 Å². The Kier molecular flexibility index (Phi) is 8.95. The van der Waals surface area contributed by atoms with Crippen molar-refractivity contribution in [3.63, 3.8) is 0 Å². The maximum atomic E-state index is 13.1. The summed E-state index contributed by atoms with van der Waals surface area (Å²) in [5, 5.41) is 4.36. The predicted molar refractivity (Wildman–Crippen MR) is 150 cm³/mol. The molecule has 0 aliphatic carbocycles. The minimum Gasteiger partial charge on any atom is -0.339 e. The van der Waals surface area contributed by atoms with E-state index in [0.29, 0.717) is 28.1 Å². The fourth-order valence-corrected chi connectivity index (χ4v) is 6.64. The van der Waals surface area contributed by atoms with Gasteiger partial charge in [-0.1, -0.05) is 35.3 Å². The lowest BCUT2D eigenvalue weighted by molar-refractivity contribution is -0.148. The van der Waals surface area contributed by atoms with Crippen molar-refractivity contribution in [2.75, 3.05) is 52.4 Å². The molecular weight excluding hydrogens is 564 g/mol. The van der Waals surface area contributed by atoms with E-state index in [1.807, 2.05) is 29.2 Å². The first-order chi connectivity index (χ1) is 19.1. The normalized spacial score (nSPS) is 21.3. The van der Waals surface area contributed by atoms with E-state index in [0.717, 1.165) is 55.6 Å². The van der Waals surface area contributed by atoms with Crippen LogP contribution in [-0.4, -0.2) is 91.1 Å². The maximum absolute atomic E-state index is 13.1. The molecule has 216 valence electrons. The van der Waals surface area contributed by atoms with Crippen LogP contribution in [0.1, 0.15) is 35.2 Å². The van der Waals surface area contributed by atoms with E-state index in [1.165, 1.54) is 4.90 Å². The molecule has 2 amide bonds. The van der Waals surface area contributed by atoms with Gasteiger partial charge in [-0.05, 0) is 79.7 Å². The molecule has 3 heterocycles. The highest BCUT2D eigenvalue weighted by molar-refractivity contribution is 6.36. The third-order valence-corrected chi connectivity index (χ3v) is 8.89. The van der Waals surface area contributed by atoms with Crippen molar-refractivity contribution in [1.29, 1.82) is 0 Å². The zero-order chi connectivity index (χ0) is 28.4. The van der Waals surface area contributed by atoms with Crippen molar-refractivity contribution in [1.82, 2.24) is 20.0 Å². The summed E-state index contributed by atoms with van der Waals surface area (Å²) in [6, 6.07) is 11.0. The van der Waals surface area contributed by atoms with Crippen LogP contribution in [0.3, 0.4) is 0 Å². The third kappa shape index (κ3) is 6.75. The fourth-order valence-electron chi connectivity index (χ4n) is 5.99. The van der Waals surface area contributed by atoms with E-state index in [1.54, 1.807) is 17.0 Å². The lowest BCUT2D eigenvalue weighted by Crippen LogP contribution is -2.50. The van der Waals surface area contributed by atoms with Gasteiger partial charge in [0.25, 0.3) is 5.91 Å². The standard InChI is InChI=1S/C29H33Cl2F3N4O2/c30-25-16-22(17-26(31)24(25)15-21-7-10-38(28(21)40)23-5-8-35-9-6-23)19-1-3-20(4-2-19)27(39)37-13-11-36(12-14-37)18-29(32,33)34/h1-4,16-17,21,23,35H,5-15,18H2. The number of carbonyl (C=O) groups is 2. The Morgan fingerprint density at radius 1 is 0.900 bits per heavy atom. The van der Waals surface area contributed by atoms with E-state index in [2.05, 4.69) is 5.32 Å². The van der Waals surface area contributed by atoms with Gasteiger partial charge in [0.15, 0.2) is 0 Å². The van der Waals surface area contributed by atoms with Gasteiger partial charge < -0.3 is 15.1 Å². The largest absolute Gasteiger partial charge is 0.401 e. The Morgan fingerprint density at radius 2 is 1.52 bits per heavy atom. The van der Waals surface area contributed by atoms with Crippen molar-refractivity contribution < 1.29 is 22.8 Å². The number of halogens is 5. The zero-order valence-electron chi connectivity index (χ0n) is 22.2.